The first-order chi connectivity index (χ1) is 8.15. The summed E-state index contributed by atoms with van der Waals surface area (Å²) in [6.45, 7) is 4.07. The van der Waals surface area contributed by atoms with Crippen molar-refractivity contribution in [2.24, 2.45) is 0 Å². The van der Waals surface area contributed by atoms with E-state index >= 15 is 0 Å². The molecule has 1 rings (SSSR count). The number of benzene rings is 1. The summed E-state index contributed by atoms with van der Waals surface area (Å²) >= 11 is 0. The van der Waals surface area contributed by atoms with Crippen molar-refractivity contribution >= 4 is 11.9 Å². The standard InChI is InChI=1S/C8H8O2.C5H10O2/c1-10-8(9)7-5-3-2-4-6-7;1-3-5(6)7-4-2/h2-6H,1H3;3-4H2,1-2H3. The van der Waals surface area contributed by atoms with Crippen LogP contribution in [0.4, 0.5) is 0 Å². The van der Waals surface area contributed by atoms with Gasteiger partial charge in [-0.25, -0.2) is 4.79 Å². The normalized spacial score (nSPS) is 8.65. The Bertz CT molecular complexity index is 333. The maximum absolute atomic E-state index is 10.8. The molecule has 0 atom stereocenters. The van der Waals surface area contributed by atoms with Crippen LogP contribution in [-0.4, -0.2) is 25.7 Å². The number of ether oxygens (including phenoxy) is 2. The van der Waals surface area contributed by atoms with Crippen molar-refractivity contribution in [1.82, 2.24) is 0 Å². The Hall–Kier alpha value is -1.84. The summed E-state index contributed by atoms with van der Waals surface area (Å²) in [5.74, 6) is -0.414. The lowest BCUT2D eigenvalue weighted by molar-refractivity contribution is -0.142. The highest BCUT2D eigenvalue weighted by molar-refractivity contribution is 5.89. The molecule has 0 unspecified atom stereocenters. The monoisotopic (exact) mass is 238 g/mol. The Labute approximate surface area is 102 Å². The van der Waals surface area contributed by atoms with E-state index in [9.17, 15) is 9.59 Å². The summed E-state index contributed by atoms with van der Waals surface area (Å²) in [5.41, 5.74) is 0.588. The molecule has 0 N–H and O–H groups in total. The number of carbonyl (C=O) groups is 2. The first-order valence-corrected chi connectivity index (χ1v) is 5.44. The average molecular weight is 238 g/mol. The molecular formula is C13H18O4. The minimum Gasteiger partial charge on any atom is -0.466 e. The Morgan fingerprint density at radius 3 is 2.06 bits per heavy atom. The van der Waals surface area contributed by atoms with E-state index in [1.165, 1.54) is 7.11 Å². The van der Waals surface area contributed by atoms with Crippen LogP contribution in [0.1, 0.15) is 30.6 Å². The zero-order chi connectivity index (χ0) is 13.1. The van der Waals surface area contributed by atoms with Crippen molar-refractivity contribution in [2.75, 3.05) is 13.7 Å². The zero-order valence-electron chi connectivity index (χ0n) is 10.4. The van der Waals surface area contributed by atoms with Gasteiger partial charge in [0.15, 0.2) is 0 Å². The van der Waals surface area contributed by atoms with Crippen molar-refractivity contribution < 1.29 is 19.1 Å². The molecular weight excluding hydrogens is 220 g/mol. The molecule has 0 bridgehead atoms. The predicted octanol–water partition coefficient (Wildman–Crippen LogP) is 2.43. The summed E-state index contributed by atoms with van der Waals surface area (Å²) in [7, 11) is 1.37. The third-order valence-electron chi connectivity index (χ3n) is 1.79. The second-order valence-electron chi connectivity index (χ2n) is 3.02. The van der Waals surface area contributed by atoms with Crippen molar-refractivity contribution in [1.29, 1.82) is 0 Å². The van der Waals surface area contributed by atoms with Crippen LogP contribution in [0.5, 0.6) is 0 Å². The van der Waals surface area contributed by atoms with Gasteiger partial charge >= 0.3 is 11.9 Å². The topological polar surface area (TPSA) is 52.6 Å². The highest BCUT2D eigenvalue weighted by Gasteiger charge is 2.00. The van der Waals surface area contributed by atoms with Gasteiger partial charge in [0.25, 0.3) is 0 Å². The largest absolute Gasteiger partial charge is 0.466 e. The van der Waals surface area contributed by atoms with Crippen molar-refractivity contribution in [3.05, 3.63) is 35.9 Å². The smallest absolute Gasteiger partial charge is 0.337 e. The number of hydrogen-bond donors (Lipinski definition) is 0. The second kappa shape index (κ2) is 9.39. The van der Waals surface area contributed by atoms with Gasteiger partial charge in [0.05, 0.1) is 19.3 Å². The predicted molar refractivity (Wildman–Crippen MR) is 64.7 cm³/mol. The lowest BCUT2D eigenvalue weighted by Crippen LogP contribution is -2.00. The molecule has 0 radical (unpaired) electrons. The highest BCUT2D eigenvalue weighted by Crippen LogP contribution is 1.98. The van der Waals surface area contributed by atoms with E-state index in [0.29, 0.717) is 18.6 Å². The van der Waals surface area contributed by atoms with Gasteiger partial charge < -0.3 is 9.47 Å². The second-order valence-corrected chi connectivity index (χ2v) is 3.02. The van der Waals surface area contributed by atoms with E-state index in [1.807, 2.05) is 6.07 Å². The zero-order valence-corrected chi connectivity index (χ0v) is 10.4. The van der Waals surface area contributed by atoms with Crippen LogP contribution in [-0.2, 0) is 14.3 Å². The van der Waals surface area contributed by atoms with Gasteiger partial charge in [0, 0.05) is 6.42 Å². The highest BCUT2D eigenvalue weighted by atomic mass is 16.5. The fraction of sp³-hybridized carbons (Fsp3) is 0.385. The van der Waals surface area contributed by atoms with Gasteiger partial charge in [-0.3, -0.25) is 4.79 Å². The number of hydrogen-bond acceptors (Lipinski definition) is 4. The van der Waals surface area contributed by atoms with Gasteiger partial charge in [-0.15, -0.1) is 0 Å². The number of carbonyl (C=O) groups excluding carboxylic acids is 2. The maximum atomic E-state index is 10.8. The maximum Gasteiger partial charge on any atom is 0.337 e. The summed E-state index contributed by atoms with van der Waals surface area (Å²) in [5, 5.41) is 0. The molecule has 4 heteroatoms. The molecule has 4 nitrogen and oxygen atoms in total. The fourth-order valence-electron chi connectivity index (χ4n) is 0.955. The van der Waals surface area contributed by atoms with Crippen LogP contribution >= 0.6 is 0 Å². The third kappa shape index (κ3) is 7.11. The summed E-state index contributed by atoms with van der Waals surface area (Å²) < 4.78 is 9.05. The molecule has 0 amide bonds. The van der Waals surface area contributed by atoms with E-state index in [-0.39, 0.29) is 11.9 Å². The third-order valence-corrected chi connectivity index (χ3v) is 1.79. The van der Waals surface area contributed by atoms with Gasteiger partial charge in [0.2, 0.25) is 0 Å². The van der Waals surface area contributed by atoms with E-state index in [2.05, 4.69) is 9.47 Å². The molecule has 1 aromatic carbocycles. The molecule has 0 aliphatic rings. The lowest BCUT2D eigenvalue weighted by Gasteiger charge is -1.95. The average Bonchev–Trinajstić information content (AvgIpc) is 2.39. The van der Waals surface area contributed by atoms with E-state index in [1.54, 1.807) is 38.1 Å². The summed E-state index contributed by atoms with van der Waals surface area (Å²) in [6, 6.07) is 8.88. The molecule has 0 heterocycles. The van der Waals surface area contributed by atoms with Crippen LogP contribution < -0.4 is 0 Å². The van der Waals surface area contributed by atoms with Gasteiger partial charge in [-0.1, -0.05) is 25.1 Å². The van der Waals surface area contributed by atoms with Crippen molar-refractivity contribution in [2.45, 2.75) is 20.3 Å². The molecule has 0 spiro atoms. The SMILES string of the molecule is CCOC(=O)CC.COC(=O)c1ccccc1. The summed E-state index contributed by atoms with van der Waals surface area (Å²) in [6.07, 6.45) is 0.480. The van der Waals surface area contributed by atoms with Crippen LogP contribution in [0.15, 0.2) is 30.3 Å². The quantitative estimate of drug-likeness (QED) is 0.759. The minimum absolute atomic E-state index is 0.123. The number of rotatable bonds is 3. The van der Waals surface area contributed by atoms with Crippen LogP contribution in [0.25, 0.3) is 0 Å². The van der Waals surface area contributed by atoms with Gasteiger partial charge in [0.1, 0.15) is 0 Å². The molecule has 0 saturated heterocycles. The molecule has 17 heavy (non-hydrogen) atoms. The molecule has 0 saturated carbocycles. The van der Waals surface area contributed by atoms with Crippen molar-refractivity contribution in [3.63, 3.8) is 0 Å². The van der Waals surface area contributed by atoms with Crippen molar-refractivity contribution in [3.8, 4) is 0 Å². The van der Waals surface area contributed by atoms with Crippen LogP contribution in [0.3, 0.4) is 0 Å². The number of esters is 2. The fourth-order valence-corrected chi connectivity index (χ4v) is 0.955. The Kier molecular flexibility index (Phi) is 8.37. The lowest BCUT2D eigenvalue weighted by atomic mass is 10.2. The van der Waals surface area contributed by atoms with Gasteiger partial charge in [-0.2, -0.15) is 0 Å². The Morgan fingerprint density at radius 1 is 1.12 bits per heavy atom. The molecule has 94 valence electrons. The van der Waals surface area contributed by atoms with E-state index in [0.717, 1.165) is 0 Å². The molecule has 0 fully saturated rings. The first kappa shape index (κ1) is 15.2. The molecule has 1 aromatic rings. The Balaban J connectivity index is 0.000000325. The van der Waals surface area contributed by atoms with E-state index < -0.39 is 0 Å². The minimum atomic E-state index is -0.291. The van der Waals surface area contributed by atoms with E-state index in [4.69, 9.17) is 0 Å². The molecule has 0 aromatic heterocycles. The number of methoxy groups -OCH3 is 1. The van der Waals surface area contributed by atoms with Gasteiger partial charge in [-0.05, 0) is 19.1 Å². The first-order valence-electron chi connectivity index (χ1n) is 5.44. The Morgan fingerprint density at radius 2 is 1.71 bits per heavy atom. The van der Waals surface area contributed by atoms with Crippen LogP contribution in [0.2, 0.25) is 0 Å². The molecule has 0 aliphatic heterocycles. The molecule has 0 aliphatic carbocycles. The van der Waals surface area contributed by atoms with Crippen LogP contribution in [0, 0.1) is 0 Å². The summed E-state index contributed by atoms with van der Waals surface area (Å²) in [4.78, 5) is 21.0.